The first-order chi connectivity index (χ1) is 61.5. The van der Waals surface area contributed by atoms with E-state index in [2.05, 4.69) is 370 Å². The molecule has 20 aromatic carbocycles. The lowest BCUT2D eigenvalue weighted by molar-refractivity contribution is 0.669. The van der Waals surface area contributed by atoms with Gasteiger partial charge < -0.3 is 8.83 Å². The molecule has 24 rings (SSSR count). The van der Waals surface area contributed by atoms with E-state index in [1.165, 1.54) is 71.1 Å². The van der Waals surface area contributed by atoms with Crippen molar-refractivity contribution in [2.45, 2.75) is 0 Å². The molecule has 0 aliphatic rings. The SMILES string of the molecule is c1ccc(-c2ccc(-c3nc(-c4ccc(-c5c6ccccc6c(-c6cccc7c(-c8cccc(-c9ccc(-c%10nc(-c%11ccc(-c%12c%13ccccc%13c(-c%13ccccc%13-c%13ccccc%13)c%13ccccc%12%13)cc%11)nc(-c%11cccc%12c%11oc%11ccccc%11%12)n%10)cc9)c8)cccc67)c6ccccc56)cc4)nc(-c4cccc5c4oc4ccccc45)n3)cc2)cc1. The zero-order valence-corrected chi connectivity index (χ0v) is 66.9. The van der Waals surface area contributed by atoms with Gasteiger partial charge in [-0.25, -0.2) is 29.9 Å². The van der Waals surface area contributed by atoms with E-state index in [0.717, 1.165) is 149 Å². The number of hydrogen-bond donors (Lipinski definition) is 0. The van der Waals surface area contributed by atoms with E-state index in [1.54, 1.807) is 0 Å². The number of aromatic nitrogens is 6. The van der Waals surface area contributed by atoms with Gasteiger partial charge in [-0.1, -0.05) is 394 Å². The van der Waals surface area contributed by atoms with Crippen LogP contribution in [0.1, 0.15) is 0 Å². The highest BCUT2D eigenvalue weighted by Crippen LogP contribution is 2.50. The molecule has 0 aliphatic heterocycles. The van der Waals surface area contributed by atoms with Gasteiger partial charge in [0.25, 0.3) is 0 Å². The van der Waals surface area contributed by atoms with E-state index in [4.69, 9.17) is 38.7 Å². The van der Waals surface area contributed by atoms with Crippen molar-refractivity contribution < 1.29 is 8.83 Å². The summed E-state index contributed by atoms with van der Waals surface area (Å²) in [6.45, 7) is 0. The van der Waals surface area contributed by atoms with E-state index < -0.39 is 0 Å². The first-order valence-corrected chi connectivity index (χ1v) is 41.9. The zero-order chi connectivity index (χ0) is 81.7. The summed E-state index contributed by atoms with van der Waals surface area (Å²) in [5, 5.41) is 15.8. The Bertz CT molecular complexity index is 8280. The van der Waals surface area contributed by atoms with Gasteiger partial charge in [-0.15, -0.1) is 0 Å². The number of furan rings is 2. The van der Waals surface area contributed by atoms with Crippen LogP contribution in [0, 0.1) is 0 Å². The van der Waals surface area contributed by atoms with E-state index in [0.29, 0.717) is 34.9 Å². The molecular weight excluding hydrogens is 1510 g/mol. The molecule has 0 fully saturated rings. The first-order valence-electron chi connectivity index (χ1n) is 41.9. The van der Waals surface area contributed by atoms with Crippen LogP contribution >= 0.6 is 0 Å². The third-order valence-corrected chi connectivity index (χ3v) is 24.7. The average molecular weight is 1580 g/mol. The first kappa shape index (κ1) is 71.4. The Balaban J connectivity index is 0.565. The minimum atomic E-state index is 0.521. The van der Waals surface area contributed by atoms with Crippen molar-refractivity contribution in [3.05, 3.63) is 425 Å². The quantitative estimate of drug-likeness (QED) is 0.0992. The molecule has 0 unspecified atom stereocenters. The molecule has 0 amide bonds. The summed E-state index contributed by atoms with van der Waals surface area (Å²) in [7, 11) is 0. The summed E-state index contributed by atoms with van der Waals surface area (Å²) in [5.41, 5.74) is 26.4. The molecule has 4 heterocycles. The van der Waals surface area contributed by atoms with Crippen LogP contribution < -0.4 is 0 Å². The molecule has 0 spiro atoms. The second-order valence-corrected chi connectivity index (χ2v) is 31.7. The lowest BCUT2D eigenvalue weighted by Crippen LogP contribution is -2.00. The molecule has 0 aliphatic carbocycles. The van der Waals surface area contributed by atoms with Gasteiger partial charge in [0.05, 0.1) is 11.1 Å². The number of rotatable bonds is 14. The number of benzene rings is 20. The largest absolute Gasteiger partial charge is 0.455 e. The molecular formula is C116H70N6O2. The minimum absolute atomic E-state index is 0.521. The van der Waals surface area contributed by atoms with Gasteiger partial charge in [0, 0.05) is 43.8 Å². The third-order valence-electron chi connectivity index (χ3n) is 24.7. The maximum absolute atomic E-state index is 6.68. The number of nitrogens with zero attached hydrogens (tertiary/aromatic N) is 6. The second kappa shape index (κ2) is 29.7. The number of para-hydroxylation sites is 4. The molecule has 0 saturated carbocycles. The molecule has 8 heteroatoms. The Labute approximate surface area is 713 Å². The smallest absolute Gasteiger partial charge is 0.167 e. The van der Waals surface area contributed by atoms with Crippen molar-refractivity contribution in [3.63, 3.8) is 0 Å². The number of hydrogen-bond acceptors (Lipinski definition) is 8. The van der Waals surface area contributed by atoms with Gasteiger partial charge in [-0.3, -0.25) is 0 Å². The Morgan fingerprint density at radius 2 is 0.387 bits per heavy atom. The summed E-state index contributed by atoms with van der Waals surface area (Å²) in [5.74, 6) is 3.29. The molecule has 0 atom stereocenters. The third kappa shape index (κ3) is 12.2. The highest BCUT2D eigenvalue weighted by Gasteiger charge is 2.26. The van der Waals surface area contributed by atoms with Crippen LogP contribution in [-0.4, -0.2) is 29.9 Å². The fraction of sp³-hybridized carbons (Fsp3) is 0. The molecule has 124 heavy (non-hydrogen) atoms. The Morgan fingerprint density at radius 1 is 0.129 bits per heavy atom. The molecule has 4 aromatic heterocycles. The zero-order valence-electron chi connectivity index (χ0n) is 66.9. The molecule has 8 nitrogen and oxygen atoms in total. The average Bonchev–Trinajstić information content (AvgIpc) is 1.09. The Kier molecular flexibility index (Phi) is 17.1. The van der Waals surface area contributed by atoms with Gasteiger partial charge >= 0.3 is 0 Å². The van der Waals surface area contributed by atoms with Crippen LogP contribution in [0.25, 0.3) is 255 Å². The lowest BCUT2D eigenvalue weighted by Gasteiger charge is -2.19. The van der Waals surface area contributed by atoms with Crippen molar-refractivity contribution in [1.82, 2.24) is 29.9 Å². The molecule has 576 valence electrons. The predicted octanol–water partition coefficient (Wildman–Crippen LogP) is 31.0. The van der Waals surface area contributed by atoms with E-state index in [1.807, 2.05) is 54.6 Å². The molecule has 0 saturated heterocycles. The topological polar surface area (TPSA) is 104 Å². The summed E-state index contributed by atoms with van der Waals surface area (Å²) in [6, 6.07) is 151. The Hall–Kier alpha value is -16.7. The van der Waals surface area contributed by atoms with Gasteiger partial charge in [0.1, 0.15) is 22.3 Å². The highest BCUT2D eigenvalue weighted by atomic mass is 16.3. The van der Waals surface area contributed by atoms with Crippen molar-refractivity contribution in [1.29, 1.82) is 0 Å². The summed E-state index contributed by atoms with van der Waals surface area (Å²) < 4.78 is 13.3. The van der Waals surface area contributed by atoms with Crippen molar-refractivity contribution in [3.8, 4) is 157 Å². The van der Waals surface area contributed by atoms with Crippen LogP contribution in [0.3, 0.4) is 0 Å². The van der Waals surface area contributed by atoms with Crippen molar-refractivity contribution in [2.24, 2.45) is 0 Å². The van der Waals surface area contributed by atoms with Crippen molar-refractivity contribution >= 4 is 97.7 Å². The predicted molar refractivity (Wildman–Crippen MR) is 511 cm³/mol. The van der Waals surface area contributed by atoms with Crippen LogP contribution in [-0.2, 0) is 0 Å². The molecule has 0 radical (unpaired) electrons. The van der Waals surface area contributed by atoms with Gasteiger partial charge in [0.2, 0.25) is 0 Å². The van der Waals surface area contributed by atoms with Crippen LogP contribution in [0.5, 0.6) is 0 Å². The standard InChI is InChI=1S/C116H70N6O2/c1-3-26-71(27-4-1)72-54-62-77(63-55-72)111-117-113(121-115(119-111)101-50-24-48-99-87-33-17-19-52-103(87)123-109(99)101)79-68-60-76(61-69-79)106-93-38-11-15-42-97(93)108(98-43-16-12-39-94(98)106)90-47-23-45-85-84(44-22-46-86(85)90)82-31-21-30-81(70-82)73-56-64-78(65-57-73)112-118-114(122-116(120-112)102-51-25-49-100-88-34-18-20-53-104(88)124-110(100)102)80-66-58-75(59-67-80)105-91-36-9-13-40-95(91)107(96-41-14-10-37-92(96)105)89-35-8-7-32-83(89)74-28-5-2-6-29-74/h1-70H. The van der Waals surface area contributed by atoms with E-state index in [9.17, 15) is 0 Å². The maximum Gasteiger partial charge on any atom is 0.167 e. The molecule has 24 aromatic rings. The van der Waals surface area contributed by atoms with Gasteiger partial charge in [-0.05, 0) is 173 Å². The lowest BCUT2D eigenvalue weighted by atomic mass is 9.84. The fourth-order valence-electron chi connectivity index (χ4n) is 18.9. The molecule has 0 N–H and O–H groups in total. The minimum Gasteiger partial charge on any atom is -0.455 e. The van der Waals surface area contributed by atoms with E-state index in [-0.39, 0.29) is 0 Å². The van der Waals surface area contributed by atoms with Gasteiger partial charge in [-0.2, -0.15) is 0 Å². The van der Waals surface area contributed by atoms with E-state index >= 15 is 0 Å². The fourth-order valence-corrected chi connectivity index (χ4v) is 18.9. The van der Waals surface area contributed by atoms with Crippen LogP contribution in [0.2, 0.25) is 0 Å². The molecule has 0 bridgehead atoms. The van der Waals surface area contributed by atoms with Crippen LogP contribution in [0.15, 0.2) is 433 Å². The summed E-state index contributed by atoms with van der Waals surface area (Å²) in [6.07, 6.45) is 0. The summed E-state index contributed by atoms with van der Waals surface area (Å²) in [4.78, 5) is 31.8. The normalized spacial score (nSPS) is 11.7. The second-order valence-electron chi connectivity index (χ2n) is 31.7. The van der Waals surface area contributed by atoms with Crippen molar-refractivity contribution in [2.75, 3.05) is 0 Å². The Morgan fingerprint density at radius 3 is 0.823 bits per heavy atom. The summed E-state index contributed by atoms with van der Waals surface area (Å²) >= 11 is 0. The van der Waals surface area contributed by atoms with Crippen LogP contribution in [0.4, 0.5) is 0 Å². The number of fused-ring (bicyclic) bond motifs is 11. The maximum atomic E-state index is 6.68. The van der Waals surface area contributed by atoms with Gasteiger partial charge in [0.15, 0.2) is 34.9 Å². The highest BCUT2D eigenvalue weighted by molar-refractivity contribution is 6.25. The monoisotopic (exact) mass is 1580 g/mol.